The molecule has 0 spiro atoms. The third-order valence-electron chi connectivity index (χ3n) is 2.94. The monoisotopic (exact) mass is 314 g/mol. The highest BCUT2D eigenvalue weighted by Crippen LogP contribution is 2.19. The summed E-state index contributed by atoms with van der Waals surface area (Å²) in [6, 6.07) is 10.3. The lowest BCUT2D eigenvalue weighted by molar-refractivity contribution is 0.0693. The molecule has 7 nitrogen and oxygen atoms in total. The molecule has 0 aromatic heterocycles. The van der Waals surface area contributed by atoms with Crippen molar-refractivity contribution in [2.45, 2.75) is 0 Å². The lowest BCUT2D eigenvalue weighted by Gasteiger charge is -2.05. The Bertz CT molecular complexity index is 771. The number of hydrogen-bond donors (Lipinski definition) is 3. The third kappa shape index (κ3) is 4.07. The van der Waals surface area contributed by atoms with Crippen LogP contribution in [-0.2, 0) is 0 Å². The number of carbonyl (C=O) groups is 2. The van der Waals surface area contributed by atoms with E-state index in [1.165, 1.54) is 49.7 Å². The van der Waals surface area contributed by atoms with Crippen LogP contribution >= 0.6 is 0 Å². The number of carboxylic acid groups (broad SMARTS) is 1. The molecular formula is C16H14N2O5. The molecule has 0 heterocycles. The number of ether oxygens (including phenoxy) is 1. The number of carbonyl (C=O) groups excluding carboxylic acids is 1. The van der Waals surface area contributed by atoms with Gasteiger partial charge in [-0.1, -0.05) is 6.07 Å². The van der Waals surface area contributed by atoms with E-state index >= 15 is 0 Å². The second-order valence-electron chi connectivity index (χ2n) is 4.51. The van der Waals surface area contributed by atoms with Crippen molar-refractivity contribution >= 4 is 18.1 Å². The van der Waals surface area contributed by atoms with Crippen LogP contribution < -0.4 is 10.2 Å². The number of phenols is 1. The maximum atomic E-state index is 11.8. The zero-order valence-corrected chi connectivity index (χ0v) is 12.2. The predicted octanol–water partition coefficient (Wildman–Crippen LogP) is 1.86. The first-order chi connectivity index (χ1) is 11.0. The van der Waals surface area contributed by atoms with E-state index in [2.05, 4.69) is 10.5 Å². The van der Waals surface area contributed by atoms with Crippen LogP contribution in [0.15, 0.2) is 47.6 Å². The van der Waals surface area contributed by atoms with E-state index in [0.29, 0.717) is 5.56 Å². The van der Waals surface area contributed by atoms with Crippen LogP contribution in [-0.4, -0.2) is 35.4 Å². The van der Waals surface area contributed by atoms with E-state index in [1.54, 1.807) is 6.07 Å². The van der Waals surface area contributed by atoms with Crippen LogP contribution in [0.4, 0.5) is 0 Å². The maximum absolute atomic E-state index is 11.8. The highest BCUT2D eigenvalue weighted by molar-refractivity contribution is 5.96. The fourth-order valence-corrected chi connectivity index (χ4v) is 1.85. The molecule has 0 aliphatic heterocycles. The second kappa shape index (κ2) is 7.08. The molecule has 2 rings (SSSR count). The summed E-state index contributed by atoms with van der Waals surface area (Å²) >= 11 is 0. The van der Waals surface area contributed by atoms with Crippen LogP contribution in [0.3, 0.4) is 0 Å². The van der Waals surface area contributed by atoms with Crippen molar-refractivity contribution in [3.63, 3.8) is 0 Å². The van der Waals surface area contributed by atoms with Gasteiger partial charge in [0, 0.05) is 5.56 Å². The number of amides is 1. The first-order valence-corrected chi connectivity index (χ1v) is 6.55. The molecule has 0 fully saturated rings. The van der Waals surface area contributed by atoms with E-state index in [0.717, 1.165) is 0 Å². The highest BCUT2D eigenvalue weighted by Gasteiger charge is 2.11. The number of nitrogens with zero attached hydrogens (tertiary/aromatic N) is 1. The van der Waals surface area contributed by atoms with Gasteiger partial charge in [0.1, 0.15) is 17.1 Å². The molecule has 0 saturated heterocycles. The maximum Gasteiger partial charge on any atom is 0.339 e. The molecule has 0 aliphatic carbocycles. The summed E-state index contributed by atoms with van der Waals surface area (Å²) in [5, 5.41) is 22.2. The molecule has 118 valence electrons. The molecule has 0 saturated carbocycles. The molecule has 2 aromatic carbocycles. The molecule has 7 heteroatoms. The van der Waals surface area contributed by atoms with Crippen molar-refractivity contribution < 1.29 is 24.5 Å². The van der Waals surface area contributed by atoms with Crippen LogP contribution in [0.25, 0.3) is 0 Å². The Hall–Kier alpha value is -3.35. The van der Waals surface area contributed by atoms with Gasteiger partial charge in [-0.15, -0.1) is 0 Å². The summed E-state index contributed by atoms with van der Waals surface area (Å²) in [7, 11) is 1.38. The number of aromatic hydroxyl groups is 1. The third-order valence-corrected chi connectivity index (χ3v) is 2.94. The van der Waals surface area contributed by atoms with Crippen molar-refractivity contribution in [3.8, 4) is 11.5 Å². The van der Waals surface area contributed by atoms with Crippen molar-refractivity contribution in [1.82, 2.24) is 5.43 Å². The average molecular weight is 314 g/mol. The van der Waals surface area contributed by atoms with Crippen LogP contribution in [0.5, 0.6) is 11.5 Å². The summed E-state index contributed by atoms with van der Waals surface area (Å²) in [5.41, 5.74) is 3.03. The van der Waals surface area contributed by atoms with Gasteiger partial charge in [0.05, 0.1) is 13.3 Å². The first kappa shape index (κ1) is 16.0. The summed E-state index contributed by atoms with van der Waals surface area (Å²) in [4.78, 5) is 22.9. The minimum absolute atomic E-state index is 0.00393. The van der Waals surface area contributed by atoms with Crippen molar-refractivity contribution in [3.05, 3.63) is 59.2 Å². The van der Waals surface area contributed by atoms with E-state index in [-0.39, 0.29) is 22.6 Å². The van der Waals surface area contributed by atoms with Gasteiger partial charge < -0.3 is 14.9 Å². The zero-order valence-electron chi connectivity index (χ0n) is 12.2. The average Bonchev–Trinajstić information content (AvgIpc) is 2.54. The van der Waals surface area contributed by atoms with Crippen LogP contribution in [0.1, 0.15) is 26.3 Å². The standard InChI is InChI=1S/C16H14N2O5/c1-23-14-6-5-10(7-13(14)16(21)22)9-17-18-15(20)11-3-2-4-12(19)8-11/h2-9,19H,1H3,(H,18,20)(H,21,22)/b17-9-. The molecule has 0 radical (unpaired) electrons. The van der Waals surface area contributed by atoms with Gasteiger partial charge >= 0.3 is 5.97 Å². The number of carboxylic acids is 1. The van der Waals surface area contributed by atoms with Gasteiger partial charge in [-0.2, -0.15) is 5.10 Å². The summed E-state index contributed by atoms with van der Waals surface area (Å²) in [6.07, 6.45) is 1.31. The Morgan fingerprint density at radius 1 is 1.22 bits per heavy atom. The van der Waals surface area contributed by atoms with E-state index in [4.69, 9.17) is 9.84 Å². The topological polar surface area (TPSA) is 108 Å². The highest BCUT2D eigenvalue weighted by atomic mass is 16.5. The molecule has 0 atom stereocenters. The van der Waals surface area contributed by atoms with Crippen molar-refractivity contribution in [2.24, 2.45) is 5.10 Å². The van der Waals surface area contributed by atoms with E-state index in [9.17, 15) is 14.7 Å². The predicted molar refractivity (Wildman–Crippen MR) is 83.1 cm³/mol. The smallest absolute Gasteiger partial charge is 0.339 e. The summed E-state index contributed by atoms with van der Waals surface area (Å²) < 4.78 is 4.95. The normalized spacial score (nSPS) is 10.5. The van der Waals surface area contributed by atoms with Gasteiger partial charge in [0.2, 0.25) is 0 Å². The molecule has 3 N–H and O–H groups in total. The molecule has 0 bridgehead atoms. The number of methoxy groups -OCH3 is 1. The quantitative estimate of drug-likeness (QED) is 0.576. The van der Waals surface area contributed by atoms with Gasteiger partial charge in [-0.25, -0.2) is 10.2 Å². The summed E-state index contributed by atoms with van der Waals surface area (Å²) in [6.45, 7) is 0. The van der Waals surface area contributed by atoms with Gasteiger partial charge in [0.15, 0.2) is 0 Å². The lowest BCUT2D eigenvalue weighted by Crippen LogP contribution is -2.17. The van der Waals surface area contributed by atoms with Crippen LogP contribution in [0.2, 0.25) is 0 Å². The molecule has 0 unspecified atom stereocenters. The number of hydrazone groups is 1. The number of rotatable bonds is 5. The Labute approximate surface area is 131 Å². The van der Waals surface area contributed by atoms with E-state index in [1.807, 2.05) is 0 Å². The minimum atomic E-state index is -1.12. The minimum Gasteiger partial charge on any atom is -0.508 e. The number of nitrogens with one attached hydrogen (secondary N) is 1. The fraction of sp³-hybridized carbons (Fsp3) is 0.0625. The number of aromatic carboxylic acids is 1. The number of hydrogen-bond acceptors (Lipinski definition) is 5. The van der Waals surface area contributed by atoms with Crippen molar-refractivity contribution in [2.75, 3.05) is 7.11 Å². The summed E-state index contributed by atoms with van der Waals surface area (Å²) in [5.74, 6) is -1.41. The zero-order chi connectivity index (χ0) is 16.8. The fourth-order valence-electron chi connectivity index (χ4n) is 1.85. The number of benzene rings is 2. The molecule has 23 heavy (non-hydrogen) atoms. The van der Waals surface area contributed by atoms with Gasteiger partial charge in [-0.3, -0.25) is 4.79 Å². The largest absolute Gasteiger partial charge is 0.508 e. The van der Waals surface area contributed by atoms with Gasteiger partial charge in [-0.05, 0) is 42.0 Å². The molecular weight excluding hydrogens is 300 g/mol. The lowest BCUT2D eigenvalue weighted by atomic mass is 10.1. The van der Waals surface area contributed by atoms with Crippen molar-refractivity contribution in [1.29, 1.82) is 0 Å². The Morgan fingerprint density at radius 3 is 2.65 bits per heavy atom. The molecule has 2 aromatic rings. The molecule has 1 amide bonds. The SMILES string of the molecule is COc1ccc(/C=N\NC(=O)c2cccc(O)c2)cc1C(=O)O. The molecule has 0 aliphatic rings. The Balaban J connectivity index is 2.10. The Morgan fingerprint density at radius 2 is 2.00 bits per heavy atom. The first-order valence-electron chi connectivity index (χ1n) is 6.55. The number of phenolic OH excluding ortho intramolecular Hbond substituents is 1. The Kier molecular flexibility index (Phi) is 4.93. The van der Waals surface area contributed by atoms with E-state index < -0.39 is 11.9 Å². The van der Waals surface area contributed by atoms with Crippen LogP contribution in [0, 0.1) is 0 Å². The van der Waals surface area contributed by atoms with Gasteiger partial charge in [0.25, 0.3) is 5.91 Å². The second-order valence-corrected chi connectivity index (χ2v) is 4.51.